The van der Waals surface area contributed by atoms with Gasteiger partial charge in [0.15, 0.2) is 0 Å². The Kier molecular flexibility index (Phi) is 7.27. The quantitative estimate of drug-likeness (QED) is 0.263. The summed E-state index contributed by atoms with van der Waals surface area (Å²) in [5.41, 5.74) is 9.89. The van der Waals surface area contributed by atoms with E-state index in [1.165, 1.54) is 6.08 Å². The molecule has 4 aromatic rings. The summed E-state index contributed by atoms with van der Waals surface area (Å²) in [6, 6.07) is 17.2. The van der Waals surface area contributed by atoms with Gasteiger partial charge in [0.2, 0.25) is 17.7 Å². The Hall–Kier alpha value is -4.38. The van der Waals surface area contributed by atoms with Gasteiger partial charge in [0.1, 0.15) is 11.3 Å². The molecule has 1 saturated heterocycles. The van der Waals surface area contributed by atoms with Crippen LogP contribution in [0.5, 0.6) is 5.88 Å². The molecule has 2 aromatic carbocycles. The zero-order valence-electron chi connectivity index (χ0n) is 21.0. The minimum Gasteiger partial charge on any atom is -0.480 e. The maximum absolute atomic E-state index is 11.8. The van der Waals surface area contributed by atoms with Crippen molar-refractivity contribution in [2.24, 2.45) is 5.73 Å². The molecule has 0 aliphatic carbocycles. The molecule has 1 aliphatic heterocycles. The standard InChI is InChI=1S/C28H29N7O3/c1-3-24(36)32-20-8-4-6-18(14-20)21-9-5-7-19-15-31-27(35-25(19)21)33-22-10-11-23(34-26(22)37-2)28(16-29)17-30-12-13-38-28/h3-11,14-15,30H,1,12-13,16-17,29H2,2H3,(H,32,36)(H,31,33,35)/t28-/m1/s1. The number of morpholine rings is 1. The number of nitrogens with two attached hydrogens (primary N) is 1. The lowest BCUT2D eigenvalue weighted by molar-refractivity contribution is -0.111. The predicted octanol–water partition coefficient (Wildman–Crippen LogP) is 3.34. The van der Waals surface area contributed by atoms with Gasteiger partial charge in [0.05, 0.1) is 24.9 Å². The summed E-state index contributed by atoms with van der Waals surface area (Å²) in [6.45, 7) is 5.69. The molecule has 1 atom stereocenters. The van der Waals surface area contributed by atoms with Crippen LogP contribution in [0, 0.1) is 0 Å². The largest absolute Gasteiger partial charge is 0.480 e. The number of anilines is 3. The maximum Gasteiger partial charge on any atom is 0.247 e. The molecular weight excluding hydrogens is 482 g/mol. The first-order valence-corrected chi connectivity index (χ1v) is 12.2. The van der Waals surface area contributed by atoms with E-state index in [1.54, 1.807) is 13.3 Å². The van der Waals surface area contributed by atoms with E-state index in [0.29, 0.717) is 42.0 Å². The van der Waals surface area contributed by atoms with Crippen LogP contribution in [0.1, 0.15) is 5.69 Å². The van der Waals surface area contributed by atoms with Gasteiger partial charge < -0.3 is 31.2 Å². The Labute approximate surface area is 220 Å². The molecule has 0 saturated carbocycles. The van der Waals surface area contributed by atoms with Crippen molar-refractivity contribution in [2.75, 3.05) is 44.0 Å². The van der Waals surface area contributed by atoms with E-state index in [-0.39, 0.29) is 12.5 Å². The van der Waals surface area contributed by atoms with Crippen LogP contribution in [0.25, 0.3) is 22.0 Å². The third-order valence-corrected chi connectivity index (χ3v) is 6.40. The fourth-order valence-corrected chi connectivity index (χ4v) is 4.43. The second kappa shape index (κ2) is 10.9. The predicted molar refractivity (Wildman–Crippen MR) is 147 cm³/mol. The van der Waals surface area contributed by atoms with Crippen molar-refractivity contribution in [3.8, 4) is 17.0 Å². The number of para-hydroxylation sites is 1. The van der Waals surface area contributed by atoms with E-state index in [9.17, 15) is 4.79 Å². The van der Waals surface area contributed by atoms with E-state index >= 15 is 0 Å². The van der Waals surface area contributed by atoms with Crippen LogP contribution in [-0.2, 0) is 15.1 Å². The number of fused-ring (bicyclic) bond motifs is 1. The number of rotatable bonds is 8. The van der Waals surface area contributed by atoms with Crippen LogP contribution in [0.2, 0.25) is 0 Å². The molecule has 10 heteroatoms. The van der Waals surface area contributed by atoms with Crippen LogP contribution >= 0.6 is 0 Å². The second-order valence-electron chi connectivity index (χ2n) is 8.81. The zero-order chi connectivity index (χ0) is 26.5. The van der Waals surface area contributed by atoms with Gasteiger partial charge in [0.25, 0.3) is 0 Å². The second-order valence-corrected chi connectivity index (χ2v) is 8.81. The van der Waals surface area contributed by atoms with Crippen molar-refractivity contribution in [3.63, 3.8) is 0 Å². The average Bonchev–Trinajstić information content (AvgIpc) is 2.97. The Bertz CT molecular complexity index is 1480. The van der Waals surface area contributed by atoms with Crippen molar-refractivity contribution in [1.29, 1.82) is 0 Å². The molecule has 194 valence electrons. The smallest absolute Gasteiger partial charge is 0.247 e. The van der Waals surface area contributed by atoms with Crippen LogP contribution in [-0.4, -0.2) is 54.2 Å². The zero-order valence-corrected chi connectivity index (χ0v) is 21.0. The number of aromatic nitrogens is 3. The highest BCUT2D eigenvalue weighted by molar-refractivity contribution is 6.00. The lowest BCUT2D eigenvalue weighted by Crippen LogP contribution is -2.52. The minimum absolute atomic E-state index is 0.272. The van der Waals surface area contributed by atoms with Crippen molar-refractivity contribution < 1.29 is 14.3 Å². The lowest BCUT2D eigenvalue weighted by atomic mass is 9.97. The molecule has 1 fully saturated rings. The van der Waals surface area contributed by atoms with Crippen LogP contribution in [0.3, 0.4) is 0 Å². The Morgan fingerprint density at radius 3 is 2.87 bits per heavy atom. The summed E-state index contributed by atoms with van der Waals surface area (Å²) in [5, 5.41) is 10.2. The van der Waals surface area contributed by atoms with Gasteiger partial charge in [-0.05, 0) is 35.9 Å². The lowest BCUT2D eigenvalue weighted by Gasteiger charge is -2.36. The first kappa shape index (κ1) is 25.3. The molecule has 3 heterocycles. The number of hydrogen-bond donors (Lipinski definition) is 4. The highest BCUT2D eigenvalue weighted by Gasteiger charge is 2.36. The van der Waals surface area contributed by atoms with Crippen molar-refractivity contribution >= 4 is 34.1 Å². The summed E-state index contributed by atoms with van der Waals surface area (Å²) in [6.07, 6.45) is 3.00. The summed E-state index contributed by atoms with van der Waals surface area (Å²) in [7, 11) is 1.56. The molecule has 5 rings (SSSR count). The molecule has 1 aliphatic rings. The van der Waals surface area contributed by atoms with Crippen molar-refractivity contribution in [3.05, 3.63) is 79.1 Å². The normalized spacial score (nSPS) is 17.1. The molecule has 1 amide bonds. The molecule has 5 N–H and O–H groups in total. The molecule has 0 spiro atoms. The van der Waals surface area contributed by atoms with Crippen LogP contribution in [0.4, 0.5) is 17.3 Å². The van der Waals surface area contributed by atoms with E-state index in [1.807, 2.05) is 54.6 Å². The fraction of sp³-hybridized carbons (Fsp3) is 0.214. The third-order valence-electron chi connectivity index (χ3n) is 6.40. The molecular formula is C28H29N7O3. The Morgan fingerprint density at radius 2 is 2.11 bits per heavy atom. The van der Waals surface area contributed by atoms with Gasteiger partial charge in [-0.1, -0.05) is 36.9 Å². The topological polar surface area (TPSA) is 136 Å². The highest BCUT2D eigenvalue weighted by Crippen LogP contribution is 2.33. The van der Waals surface area contributed by atoms with Crippen molar-refractivity contribution in [1.82, 2.24) is 20.3 Å². The van der Waals surface area contributed by atoms with Crippen LogP contribution in [0.15, 0.2) is 73.4 Å². The van der Waals surface area contributed by atoms with Gasteiger partial charge in [-0.25, -0.2) is 15.0 Å². The number of methoxy groups -OCH3 is 1. The minimum atomic E-state index is -0.710. The SMILES string of the molecule is C=CC(=O)Nc1cccc(-c2cccc3cnc(Nc4ccc([C@@]5(CN)CNCCO5)nc4OC)nc23)c1. The monoisotopic (exact) mass is 511 g/mol. The number of amides is 1. The van der Waals surface area contributed by atoms with E-state index in [4.69, 9.17) is 25.2 Å². The first-order chi connectivity index (χ1) is 18.5. The maximum atomic E-state index is 11.8. The highest BCUT2D eigenvalue weighted by atomic mass is 16.5. The summed E-state index contributed by atoms with van der Waals surface area (Å²) in [5.74, 6) is 0.497. The number of nitrogens with zero attached hydrogens (tertiary/aromatic N) is 3. The molecule has 10 nitrogen and oxygen atoms in total. The number of carbonyl (C=O) groups is 1. The van der Waals surface area contributed by atoms with E-state index in [2.05, 4.69) is 27.5 Å². The van der Waals surface area contributed by atoms with Gasteiger partial charge in [0, 0.05) is 42.5 Å². The van der Waals surface area contributed by atoms with Crippen LogP contribution < -0.4 is 26.4 Å². The average molecular weight is 512 g/mol. The summed E-state index contributed by atoms with van der Waals surface area (Å²) in [4.78, 5) is 25.8. The third kappa shape index (κ3) is 5.05. The van der Waals surface area contributed by atoms with Gasteiger partial charge in [-0.15, -0.1) is 0 Å². The number of pyridine rings is 1. The summed E-state index contributed by atoms with van der Waals surface area (Å²) >= 11 is 0. The molecule has 2 aromatic heterocycles. The Morgan fingerprint density at radius 1 is 1.24 bits per heavy atom. The van der Waals surface area contributed by atoms with E-state index in [0.717, 1.165) is 28.6 Å². The number of hydrogen-bond acceptors (Lipinski definition) is 9. The number of benzene rings is 2. The molecule has 0 unspecified atom stereocenters. The Balaban J connectivity index is 1.48. The number of nitrogens with one attached hydrogen (secondary N) is 3. The molecule has 0 bridgehead atoms. The number of carbonyl (C=O) groups excluding carboxylic acids is 1. The fourth-order valence-electron chi connectivity index (χ4n) is 4.43. The van der Waals surface area contributed by atoms with Gasteiger partial charge in [-0.2, -0.15) is 0 Å². The van der Waals surface area contributed by atoms with E-state index < -0.39 is 5.60 Å². The van der Waals surface area contributed by atoms with Crippen molar-refractivity contribution in [2.45, 2.75) is 5.60 Å². The van der Waals surface area contributed by atoms with Gasteiger partial charge in [-0.3, -0.25) is 4.79 Å². The van der Waals surface area contributed by atoms with Gasteiger partial charge >= 0.3 is 0 Å². The molecule has 38 heavy (non-hydrogen) atoms. The molecule has 0 radical (unpaired) electrons. The first-order valence-electron chi connectivity index (χ1n) is 12.2. The summed E-state index contributed by atoms with van der Waals surface area (Å²) < 4.78 is 11.6. The number of ether oxygens (including phenoxy) is 2.